The van der Waals surface area contributed by atoms with Crippen LogP contribution in [0.1, 0.15) is 25.3 Å². The van der Waals surface area contributed by atoms with E-state index < -0.39 is 0 Å². The van der Waals surface area contributed by atoms with Crippen molar-refractivity contribution in [2.75, 3.05) is 27.4 Å². The fraction of sp³-hybridized carbons (Fsp3) is 0.538. The molecule has 1 N–H and O–H groups in total. The SMILES string of the molecule is CCOc1cc(C(C)CO)c(OC)cc1OC. The second kappa shape index (κ2) is 6.35. The Morgan fingerprint density at radius 2 is 1.76 bits per heavy atom. The summed E-state index contributed by atoms with van der Waals surface area (Å²) in [6, 6.07) is 3.65. The van der Waals surface area contributed by atoms with Crippen molar-refractivity contribution in [3.05, 3.63) is 17.7 Å². The number of hydrogen-bond acceptors (Lipinski definition) is 4. The van der Waals surface area contributed by atoms with Gasteiger partial charge in [-0.1, -0.05) is 6.92 Å². The zero-order valence-corrected chi connectivity index (χ0v) is 10.8. The highest BCUT2D eigenvalue weighted by Crippen LogP contribution is 2.38. The average Bonchev–Trinajstić information content (AvgIpc) is 2.37. The van der Waals surface area contributed by atoms with Crippen molar-refractivity contribution in [1.29, 1.82) is 0 Å². The Labute approximate surface area is 102 Å². The summed E-state index contributed by atoms with van der Waals surface area (Å²) in [6.45, 7) is 4.47. The third-order valence-electron chi connectivity index (χ3n) is 2.62. The van der Waals surface area contributed by atoms with Crippen molar-refractivity contribution in [2.45, 2.75) is 19.8 Å². The van der Waals surface area contributed by atoms with Crippen LogP contribution in [0.4, 0.5) is 0 Å². The van der Waals surface area contributed by atoms with Crippen LogP contribution in [0.15, 0.2) is 12.1 Å². The van der Waals surface area contributed by atoms with Crippen molar-refractivity contribution < 1.29 is 19.3 Å². The summed E-state index contributed by atoms with van der Waals surface area (Å²) in [5.74, 6) is 2.01. The Hall–Kier alpha value is -1.42. The maximum absolute atomic E-state index is 9.23. The van der Waals surface area contributed by atoms with Crippen LogP contribution in [-0.4, -0.2) is 32.5 Å². The molecule has 1 atom stereocenters. The molecule has 1 aromatic carbocycles. The molecule has 0 radical (unpaired) electrons. The van der Waals surface area contributed by atoms with Crippen LogP contribution in [0.25, 0.3) is 0 Å². The lowest BCUT2D eigenvalue weighted by atomic mass is 10.0. The Balaban J connectivity index is 3.23. The van der Waals surface area contributed by atoms with Crippen molar-refractivity contribution in [3.8, 4) is 17.2 Å². The molecule has 1 aromatic rings. The van der Waals surface area contributed by atoms with Gasteiger partial charge in [-0.3, -0.25) is 0 Å². The second-order valence-electron chi connectivity index (χ2n) is 3.76. The lowest BCUT2D eigenvalue weighted by Gasteiger charge is -2.17. The van der Waals surface area contributed by atoms with Gasteiger partial charge < -0.3 is 19.3 Å². The fourth-order valence-electron chi connectivity index (χ4n) is 1.65. The lowest BCUT2D eigenvalue weighted by molar-refractivity contribution is 0.267. The van der Waals surface area contributed by atoms with Gasteiger partial charge in [0.15, 0.2) is 11.5 Å². The van der Waals surface area contributed by atoms with E-state index in [0.29, 0.717) is 23.9 Å². The van der Waals surface area contributed by atoms with Gasteiger partial charge in [-0.05, 0) is 13.0 Å². The number of aliphatic hydroxyl groups is 1. The van der Waals surface area contributed by atoms with E-state index >= 15 is 0 Å². The molecule has 4 heteroatoms. The molecule has 0 aromatic heterocycles. The largest absolute Gasteiger partial charge is 0.496 e. The molecule has 0 saturated carbocycles. The fourth-order valence-corrected chi connectivity index (χ4v) is 1.65. The van der Waals surface area contributed by atoms with Crippen LogP contribution in [0.5, 0.6) is 17.2 Å². The highest BCUT2D eigenvalue weighted by molar-refractivity contribution is 5.51. The predicted octanol–water partition coefficient (Wildman–Crippen LogP) is 2.20. The Kier molecular flexibility index (Phi) is 5.10. The molecular formula is C13H20O4. The smallest absolute Gasteiger partial charge is 0.164 e. The van der Waals surface area contributed by atoms with Gasteiger partial charge in [0.25, 0.3) is 0 Å². The van der Waals surface area contributed by atoms with E-state index in [2.05, 4.69) is 0 Å². The minimum atomic E-state index is -0.00457. The predicted molar refractivity (Wildman–Crippen MR) is 66.2 cm³/mol. The van der Waals surface area contributed by atoms with Gasteiger partial charge in [0.1, 0.15) is 5.75 Å². The van der Waals surface area contributed by atoms with Crippen molar-refractivity contribution >= 4 is 0 Å². The highest BCUT2D eigenvalue weighted by Gasteiger charge is 2.16. The lowest BCUT2D eigenvalue weighted by Crippen LogP contribution is -2.04. The summed E-state index contributed by atoms with van der Waals surface area (Å²) >= 11 is 0. The topological polar surface area (TPSA) is 47.9 Å². The summed E-state index contributed by atoms with van der Waals surface area (Å²) in [6.07, 6.45) is 0. The second-order valence-corrected chi connectivity index (χ2v) is 3.76. The van der Waals surface area contributed by atoms with E-state index in [1.807, 2.05) is 19.9 Å². The first-order valence-electron chi connectivity index (χ1n) is 5.67. The summed E-state index contributed by atoms with van der Waals surface area (Å²) < 4.78 is 16.0. The number of ether oxygens (including phenoxy) is 3. The zero-order valence-electron chi connectivity index (χ0n) is 10.8. The van der Waals surface area contributed by atoms with E-state index in [9.17, 15) is 5.11 Å². The van der Waals surface area contributed by atoms with Crippen LogP contribution < -0.4 is 14.2 Å². The van der Waals surface area contributed by atoms with Gasteiger partial charge in [0.05, 0.1) is 20.8 Å². The van der Waals surface area contributed by atoms with E-state index in [4.69, 9.17) is 14.2 Å². The molecule has 0 amide bonds. The maximum atomic E-state index is 9.23. The summed E-state index contributed by atoms with van der Waals surface area (Å²) in [4.78, 5) is 0. The number of aliphatic hydroxyl groups excluding tert-OH is 1. The molecule has 0 fully saturated rings. The molecule has 0 heterocycles. The van der Waals surface area contributed by atoms with Crippen LogP contribution in [0, 0.1) is 0 Å². The molecule has 0 aliphatic rings. The van der Waals surface area contributed by atoms with Crippen LogP contribution in [-0.2, 0) is 0 Å². The first-order valence-corrected chi connectivity index (χ1v) is 5.67. The van der Waals surface area contributed by atoms with E-state index in [-0.39, 0.29) is 12.5 Å². The quantitative estimate of drug-likeness (QED) is 0.828. The molecular weight excluding hydrogens is 220 g/mol. The molecule has 17 heavy (non-hydrogen) atoms. The Morgan fingerprint density at radius 3 is 2.24 bits per heavy atom. The summed E-state index contributed by atoms with van der Waals surface area (Å²) in [7, 11) is 3.19. The van der Waals surface area contributed by atoms with Crippen molar-refractivity contribution in [1.82, 2.24) is 0 Å². The third kappa shape index (κ3) is 3.03. The minimum Gasteiger partial charge on any atom is -0.496 e. The van der Waals surface area contributed by atoms with Crippen LogP contribution in [0.3, 0.4) is 0 Å². The molecule has 96 valence electrons. The van der Waals surface area contributed by atoms with E-state index in [1.165, 1.54) is 0 Å². The summed E-state index contributed by atoms with van der Waals surface area (Å²) in [5.41, 5.74) is 0.916. The highest BCUT2D eigenvalue weighted by atomic mass is 16.5. The summed E-state index contributed by atoms with van der Waals surface area (Å²) in [5, 5.41) is 9.23. The average molecular weight is 240 g/mol. The third-order valence-corrected chi connectivity index (χ3v) is 2.62. The maximum Gasteiger partial charge on any atom is 0.164 e. The normalized spacial score (nSPS) is 12.1. The Bertz CT molecular complexity index is 363. The van der Waals surface area contributed by atoms with Crippen molar-refractivity contribution in [3.63, 3.8) is 0 Å². The number of hydrogen-bond donors (Lipinski definition) is 1. The van der Waals surface area contributed by atoms with Crippen LogP contribution >= 0.6 is 0 Å². The number of benzene rings is 1. The van der Waals surface area contributed by atoms with Gasteiger partial charge in [-0.25, -0.2) is 0 Å². The number of rotatable bonds is 6. The van der Waals surface area contributed by atoms with Crippen LogP contribution in [0.2, 0.25) is 0 Å². The molecule has 0 bridgehead atoms. The van der Waals surface area contributed by atoms with E-state index in [0.717, 1.165) is 5.56 Å². The van der Waals surface area contributed by atoms with Gasteiger partial charge in [0.2, 0.25) is 0 Å². The molecule has 0 aliphatic heterocycles. The van der Waals surface area contributed by atoms with Gasteiger partial charge in [0, 0.05) is 24.2 Å². The van der Waals surface area contributed by atoms with E-state index in [1.54, 1.807) is 20.3 Å². The molecule has 0 spiro atoms. The standard InChI is InChI=1S/C13H20O4/c1-5-17-13-6-10(9(2)8-14)11(15-3)7-12(13)16-4/h6-7,9,14H,5,8H2,1-4H3. The van der Waals surface area contributed by atoms with Gasteiger partial charge in [-0.2, -0.15) is 0 Å². The first kappa shape index (κ1) is 13.6. The molecule has 0 saturated heterocycles. The molecule has 4 nitrogen and oxygen atoms in total. The molecule has 1 rings (SSSR count). The number of methoxy groups -OCH3 is 2. The van der Waals surface area contributed by atoms with Gasteiger partial charge in [-0.15, -0.1) is 0 Å². The molecule has 0 aliphatic carbocycles. The molecule has 1 unspecified atom stereocenters. The van der Waals surface area contributed by atoms with Crippen molar-refractivity contribution in [2.24, 2.45) is 0 Å². The first-order chi connectivity index (χ1) is 8.17. The minimum absolute atomic E-state index is 0.00457. The Morgan fingerprint density at radius 1 is 1.12 bits per heavy atom. The zero-order chi connectivity index (χ0) is 12.8. The van der Waals surface area contributed by atoms with Gasteiger partial charge >= 0.3 is 0 Å². The monoisotopic (exact) mass is 240 g/mol.